The number of alkyl halides is 3. The van der Waals surface area contributed by atoms with Gasteiger partial charge in [-0.3, -0.25) is 14.9 Å². The van der Waals surface area contributed by atoms with Gasteiger partial charge in [-0.05, 0) is 41.5 Å². The number of nitrogens with one attached hydrogen (secondary N) is 1. The molecular weight excluding hydrogens is 539 g/mol. The number of aromatic nitrogens is 2. The minimum absolute atomic E-state index is 0.00757. The summed E-state index contributed by atoms with van der Waals surface area (Å²) >= 11 is 0. The van der Waals surface area contributed by atoms with Crippen molar-refractivity contribution in [3.8, 4) is 16.9 Å². The second kappa shape index (κ2) is 11.6. The smallest absolute Gasteiger partial charge is 0.419 e. The number of hydrogen-bond donors (Lipinski definition) is 1. The largest absolute Gasteiger partial charge is 0.490 e. The van der Waals surface area contributed by atoms with Crippen LogP contribution in [0.1, 0.15) is 28.8 Å². The van der Waals surface area contributed by atoms with Gasteiger partial charge in [0.1, 0.15) is 24.5 Å². The molecule has 1 saturated heterocycles. The molecule has 0 spiro atoms. The van der Waals surface area contributed by atoms with Gasteiger partial charge in [-0.1, -0.05) is 42.5 Å². The molecule has 4 aromatic rings. The number of para-hydroxylation sites is 1. The number of carbonyl (C=O) groups is 1. The fraction of sp³-hybridized carbons (Fsp3) is 0.207. The van der Waals surface area contributed by atoms with Crippen LogP contribution in [0.25, 0.3) is 11.1 Å². The van der Waals surface area contributed by atoms with Crippen LogP contribution in [0.5, 0.6) is 5.75 Å². The maximum Gasteiger partial charge on any atom is 0.419 e. The maximum absolute atomic E-state index is 13.3. The van der Waals surface area contributed by atoms with E-state index in [1.54, 1.807) is 35.2 Å². The predicted molar refractivity (Wildman–Crippen MR) is 147 cm³/mol. The Hall–Kier alpha value is -5.00. The van der Waals surface area contributed by atoms with Gasteiger partial charge < -0.3 is 15.0 Å². The van der Waals surface area contributed by atoms with Gasteiger partial charge in [0.2, 0.25) is 11.6 Å². The third kappa shape index (κ3) is 6.26. The molecule has 210 valence electrons. The molecule has 41 heavy (non-hydrogen) atoms. The molecule has 0 bridgehead atoms. The molecule has 0 amide bonds. The van der Waals surface area contributed by atoms with Gasteiger partial charge >= 0.3 is 11.9 Å². The summed E-state index contributed by atoms with van der Waals surface area (Å²) in [5, 5.41) is 15.1. The molecule has 12 heteroatoms. The molecule has 0 unspecified atom stereocenters. The number of halogens is 3. The molecule has 3 aromatic carbocycles. The van der Waals surface area contributed by atoms with E-state index in [1.165, 1.54) is 24.5 Å². The van der Waals surface area contributed by atoms with Crippen molar-refractivity contribution in [2.75, 3.05) is 23.3 Å². The monoisotopic (exact) mass is 563 g/mol. The molecule has 1 aliphatic rings. The molecule has 0 radical (unpaired) electrons. The van der Waals surface area contributed by atoms with E-state index >= 15 is 0 Å². The fourth-order valence-electron chi connectivity index (χ4n) is 4.70. The minimum Gasteiger partial charge on any atom is -0.490 e. The predicted octanol–water partition coefficient (Wildman–Crippen LogP) is 6.67. The number of nitro groups is 1. The van der Waals surface area contributed by atoms with Crippen LogP contribution in [0.2, 0.25) is 0 Å². The molecule has 5 rings (SSSR count). The number of hydrogen-bond acceptors (Lipinski definition) is 8. The average Bonchev–Trinajstić information content (AvgIpc) is 2.97. The molecule has 2 heterocycles. The van der Waals surface area contributed by atoms with Crippen molar-refractivity contribution in [3.05, 3.63) is 100 Å². The Labute approximate surface area is 232 Å². The molecule has 0 saturated carbocycles. The highest BCUT2D eigenvalue weighted by molar-refractivity contribution is 5.80. The molecule has 1 aliphatic heterocycles. The van der Waals surface area contributed by atoms with Crippen molar-refractivity contribution in [3.63, 3.8) is 0 Å². The van der Waals surface area contributed by atoms with Crippen LogP contribution >= 0.6 is 0 Å². The molecule has 0 atom stereocenters. The van der Waals surface area contributed by atoms with E-state index in [4.69, 9.17) is 4.74 Å². The quantitative estimate of drug-likeness (QED) is 0.144. The first-order valence-electron chi connectivity index (χ1n) is 12.7. The van der Waals surface area contributed by atoms with E-state index in [9.17, 15) is 28.1 Å². The number of rotatable bonds is 8. The average molecular weight is 564 g/mol. The summed E-state index contributed by atoms with van der Waals surface area (Å²) in [6.45, 7) is 0.593. The molecular formula is C29H24F3N5O4. The van der Waals surface area contributed by atoms with Crippen molar-refractivity contribution >= 4 is 29.3 Å². The highest BCUT2D eigenvalue weighted by atomic mass is 19.4. The van der Waals surface area contributed by atoms with E-state index in [2.05, 4.69) is 15.3 Å². The van der Waals surface area contributed by atoms with E-state index in [-0.39, 0.29) is 23.1 Å². The lowest BCUT2D eigenvalue weighted by molar-refractivity contribution is -0.383. The number of piperidine rings is 1. The normalized spacial score (nSPS) is 14.0. The lowest BCUT2D eigenvalue weighted by atomic mass is 10.0. The third-order valence-corrected chi connectivity index (χ3v) is 6.72. The van der Waals surface area contributed by atoms with Crippen LogP contribution < -0.4 is 15.0 Å². The Morgan fingerprint density at radius 3 is 2.39 bits per heavy atom. The van der Waals surface area contributed by atoms with Crippen molar-refractivity contribution in [1.82, 2.24) is 9.97 Å². The minimum atomic E-state index is -4.54. The summed E-state index contributed by atoms with van der Waals surface area (Å²) in [6.07, 6.45) is -2.32. The topological polar surface area (TPSA) is 110 Å². The van der Waals surface area contributed by atoms with Crippen LogP contribution in [-0.2, 0) is 6.18 Å². The number of ether oxygens (including phenoxy) is 1. The van der Waals surface area contributed by atoms with Crippen LogP contribution in [0.15, 0.2) is 79.1 Å². The van der Waals surface area contributed by atoms with Gasteiger partial charge in [0.15, 0.2) is 0 Å². The summed E-state index contributed by atoms with van der Waals surface area (Å²) in [7, 11) is 0. The summed E-state index contributed by atoms with van der Waals surface area (Å²) in [5.41, 5.74) is 1.67. The summed E-state index contributed by atoms with van der Waals surface area (Å²) in [6, 6.07) is 19.3. The molecule has 9 nitrogen and oxygen atoms in total. The summed E-state index contributed by atoms with van der Waals surface area (Å²) in [4.78, 5) is 32.6. The SMILES string of the molecule is O=Cc1cccc(-c2ccc(Nc3ncnc(N4CCC(Oc5ccccc5C(F)(F)F)CC4)c3[N+](=O)[O-])cc2)c1. The van der Waals surface area contributed by atoms with Gasteiger partial charge in [0, 0.05) is 37.2 Å². The van der Waals surface area contributed by atoms with Crippen LogP contribution in [0.3, 0.4) is 0 Å². The molecule has 1 aromatic heterocycles. The van der Waals surface area contributed by atoms with Crippen molar-refractivity contribution in [1.29, 1.82) is 0 Å². The van der Waals surface area contributed by atoms with Crippen LogP contribution in [0.4, 0.5) is 36.2 Å². The number of aldehydes is 1. The lowest BCUT2D eigenvalue weighted by Gasteiger charge is -2.33. The highest BCUT2D eigenvalue weighted by Crippen LogP contribution is 2.38. The van der Waals surface area contributed by atoms with Gasteiger partial charge in [-0.15, -0.1) is 0 Å². The second-order valence-corrected chi connectivity index (χ2v) is 9.40. The Bertz CT molecular complexity index is 1560. The zero-order valence-electron chi connectivity index (χ0n) is 21.5. The van der Waals surface area contributed by atoms with Crippen molar-refractivity contribution in [2.24, 2.45) is 0 Å². The fourth-order valence-corrected chi connectivity index (χ4v) is 4.70. The van der Waals surface area contributed by atoms with Crippen LogP contribution in [-0.4, -0.2) is 40.4 Å². The zero-order chi connectivity index (χ0) is 29.0. The maximum atomic E-state index is 13.3. The van der Waals surface area contributed by atoms with Gasteiger partial charge in [-0.2, -0.15) is 13.2 Å². The number of anilines is 3. The number of benzene rings is 3. The first-order valence-corrected chi connectivity index (χ1v) is 12.7. The molecule has 1 N–H and O–H groups in total. The third-order valence-electron chi connectivity index (χ3n) is 6.72. The van der Waals surface area contributed by atoms with Crippen LogP contribution in [0, 0.1) is 10.1 Å². The van der Waals surface area contributed by atoms with E-state index < -0.39 is 22.8 Å². The molecule has 0 aliphatic carbocycles. The molecule has 1 fully saturated rings. The highest BCUT2D eigenvalue weighted by Gasteiger charge is 2.35. The van der Waals surface area contributed by atoms with Gasteiger partial charge in [-0.25, -0.2) is 9.97 Å². The lowest BCUT2D eigenvalue weighted by Crippen LogP contribution is -2.39. The second-order valence-electron chi connectivity index (χ2n) is 9.40. The number of nitrogens with zero attached hydrogens (tertiary/aromatic N) is 4. The van der Waals surface area contributed by atoms with E-state index in [1.807, 2.05) is 18.2 Å². The first kappa shape index (κ1) is 27.6. The summed E-state index contributed by atoms with van der Waals surface area (Å²) < 4.78 is 45.7. The van der Waals surface area contributed by atoms with E-state index in [0.717, 1.165) is 23.5 Å². The Morgan fingerprint density at radius 2 is 1.71 bits per heavy atom. The standard InChI is InChI=1S/C29H24F3N5O4/c30-29(31,32)24-6-1-2-7-25(24)41-23-12-14-36(15-13-23)28-26(37(39)40)27(33-18-34-28)35-22-10-8-20(9-11-22)21-5-3-4-19(16-21)17-38/h1-11,16-18,23H,12-15H2,(H,33,34,35). The van der Waals surface area contributed by atoms with Gasteiger partial charge in [0.05, 0.1) is 10.5 Å². The first-order chi connectivity index (χ1) is 19.7. The number of carbonyl (C=O) groups excluding carboxylic acids is 1. The van der Waals surface area contributed by atoms with Gasteiger partial charge in [0.25, 0.3) is 0 Å². The van der Waals surface area contributed by atoms with Crippen molar-refractivity contribution in [2.45, 2.75) is 25.1 Å². The summed E-state index contributed by atoms with van der Waals surface area (Å²) in [5.74, 6) is -0.113. The van der Waals surface area contributed by atoms with E-state index in [0.29, 0.717) is 37.2 Å². The Kier molecular flexibility index (Phi) is 7.81. The Balaban J connectivity index is 1.30. The van der Waals surface area contributed by atoms with Crippen molar-refractivity contribution < 1.29 is 27.6 Å². The zero-order valence-corrected chi connectivity index (χ0v) is 21.5. The Morgan fingerprint density at radius 1 is 0.976 bits per heavy atom.